The first kappa shape index (κ1) is 15.4. The summed E-state index contributed by atoms with van der Waals surface area (Å²) in [7, 11) is 0. The number of nitrogens with zero attached hydrogens (tertiary/aromatic N) is 1. The summed E-state index contributed by atoms with van der Waals surface area (Å²) in [5.41, 5.74) is 0.790. The molecule has 4 heteroatoms. The number of rotatable bonds is 6. The van der Waals surface area contributed by atoms with E-state index in [1.165, 1.54) is 32.4 Å². The molecule has 0 saturated carbocycles. The first-order valence-corrected chi connectivity index (χ1v) is 8.67. The molecule has 20 heavy (non-hydrogen) atoms. The van der Waals surface area contributed by atoms with E-state index in [0.717, 1.165) is 30.0 Å². The molecular formula is C16H24N2OS. The smallest absolute Gasteiger partial charge is 0.252 e. The van der Waals surface area contributed by atoms with E-state index in [2.05, 4.69) is 10.2 Å². The zero-order valence-corrected chi connectivity index (χ0v) is 13.0. The van der Waals surface area contributed by atoms with Gasteiger partial charge in [0.15, 0.2) is 0 Å². The van der Waals surface area contributed by atoms with E-state index in [0.29, 0.717) is 0 Å². The minimum atomic E-state index is 0.0496. The van der Waals surface area contributed by atoms with Crippen LogP contribution in [0.4, 0.5) is 0 Å². The third kappa shape index (κ3) is 4.53. The van der Waals surface area contributed by atoms with Crippen LogP contribution < -0.4 is 5.32 Å². The van der Waals surface area contributed by atoms with Crippen molar-refractivity contribution in [2.75, 3.05) is 32.4 Å². The molecule has 1 aliphatic rings. The molecule has 1 heterocycles. The van der Waals surface area contributed by atoms with E-state index in [1.54, 1.807) is 11.8 Å². The number of likely N-dealkylation sites (tertiary alicyclic amines) is 1. The summed E-state index contributed by atoms with van der Waals surface area (Å²) in [6, 6.07) is 7.78. The van der Waals surface area contributed by atoms with Gasteiger partial charge in [0.05, 0.1) is 5.56 Å². The maximum atomic E-state index is 12.1. The second-order valence-electron chi connectivity index (χ2n) is 5.21. The van der Waals surface area contributed by atoms with Crippen LogP contribution in [0.15, 0.2) is 29.2 Å². The topological polar surface area (TPSA) is 32.3 Å². The molecular weight excluding hydrogens is 268 g/mol. The van der Waals surface area contributed by atoms with Gasteiger partial charge in [-0.05, 0) is 57.3 Å². The lowest BCUT2D eigenvalue weighted by Crippen LogP contribution is -2.33. The average Bonchev–Trinajstić information content (AvgIpc) is 2.52. The third-order valence-corrected chi connectivity index (χ3v) is 4.53. The number of amides is 1. The molecule has 1 aromatic carbocycles. The van der Waals surface area contributed by atoms with Gasteiger partial charge in [-0.2, -0.15) is 0 Å². The molecule has 1 N–H and O–H groups in total. The highest BCUT2D eigenvalue weighted by Gasteiger charge is 2.11. The monoisotopic (exact) mass is 292 g/mol. The fourth-order valence-corrected chi connectivity index (χ4v) is 3.21. The van der Waals surface area contributed by atoms with E-state index >= 15 is 0 Å². The van der Waals surface area contributed by atoms with Gasteiger partial charge in [-0.1, -0.05) is 18.6 Å². The fourth-order valence-electron chi connectivity index (χ4n) is 2.62. The van der Waals surface area contributed by atoms with Crippen LogP contribution in [0.2, 0.25) is 0 Å². The minimum Gasteiger partial charge on any atom is -0.352 e. The molecule has 0 aliphatic carbocycles. The first-order chi connectivity index (χ1) is 9.81. The predicted molar refractivity (Wildman–Crippen MR) is 85.5 cm³/mol. The molecule has 110 valence electrons. The van der Waals surface area contributed by atoms with Crippen LogP contribution in [-0.2, 0) is 0 Å². The van der Waals surface area contributed by atoms with Gasteiger partial charge in [-0.25, -0.2) is 0 Å². The molecule has 1 aliphatic heterocycles. The molecule has 1 amide bonds. The standard InChI is InChI=1S/C16H24N2OS/c1-20-15-9-4-3-8-14(15)16(19)17-10-7-13-18-11-5-2-6-12-18/h3-4,8-9H,2,5-7,10-13H2,1H3,(H,17,19). The van der Waals surface area contributed by atoms with Crippen LogP contribution in [-0.4, -0.2) is 43.2 Å². The van der Waals surface area contributed by atoms with Gasteiger partial charge < -0.3 is 10.2 Å². The molecule has 0 aromatic heterocycles. The molecule has 1 saturated heterocycles. The van der Waals surface area contributed by atoms with Crippen molar-refractivity contribution in [2.24, 2.45) is 0 Å². The summed E-state index contributed by atoms with van der Waals surface area (Å²) in [4.78, 5) is 15.7. The normalized spacial score (nSPS) is 16.1. The SMILES string of the molecule is CSc1ccccc1C(=O)NCCCN1CCCCC1. The summed E-state index contributed by atoms with van der Waals surface area (Å²) < 4.78 is 0. The largest absolute Gasteiger partial charge is 0.352 e. The Bertz CT molecular complexity index is 430. The number of hydrogen-bond acceptors (Lipinski definition) is 3. The van der Waals surface area contributed by atoms with Crippen LogP contribution in [0.3, 0.4) is 0 Å². The summed E-state index contributed by atoms with van der Waals surface area (Å²) in [6.07, 6.45) is 7.06. The maximum absolute atomic E-state index is 12.1. The summed E-state index contributed by atoms with van der Waals surface area (Å²) >= 11 is 1.62. The molecule has 2 rings (SSSR count). The molecule has 1 fully saturated rings. The van der Waals surface area contributed by atoms with Crippen LogP contribution in [0.25, 0.3) is 0 Å². The van der Waals surface area contributed by atoms with Crippen molar-refractivity contribution in [3.63, 3.8) is 0 Å². The molecule has 0 atom stereocenters. The second kappa shape index (κ2) is 8.32. The number of hydrogen-bond donors (Lipinski definition) is 1. The lowest BCUT2D eigenvalue weighted by molar-refractivity contribution is 0.0948. The van der Waals surface area contributed by atoms with E-state index in [1.807, 2.05) is 30.5 Å². The Kier molecular flexibility index (Phi) is 6.40. The van der Waals surface area contributed by atoms with E-state index < -0.39 is 0 Å². The zero-order valence-electron chi connectivity index (χ0n) is 12.2. The van der Waals surface area contributed by atoms with Crippen LogP contribution in [0.5, 0.6) is 0 Å². The van der Waals surface area contributed by atoms with Gasteiger partial charge in [0.1, 0.15) is 0 Å². The number of benzene rings is 1. The van der Waals surface area contributed by atoms with E-state index in [4.69, 9.17) is 0 Å². The molecule has 0 radical (unpaired) electrons. The highest BCUT2D eigenvalue weighted by molar-refractivity contribution is 7.98. The molecule has 0 unspecified atom stereocenters. The van der Waals surface area contributed by atoms with Crippen molar-refractivity contribution < 1.29 is 4.79 Å². The number of nitrogens with one attached hydrogen (secondary N) is 1. The van der Waals surface area contributed by atoms with Crippen molar-refractivity contribution in [3.05, 3.63) is 29.8 Å². The van der Waals surface area contributed by atoms with Crippen LogP contribution >= 0.6 is 11.8 Å². The number of carbonyl (C=O) groups is 1. The van der Waals surface area contributed by atoms with Gasteiger partial charge in [-0.3, -0.25) is 4.79 Å². The van der Waals surface area contributed by atoms with Gasteiger partial charge in [-0.15, -0.1) is 11.8 Å². The minimum absolute atomic E-state index is 0.0496. The van der Waals surface area contributed by atoms with Crippen LogP contribution in [0, 0.1) is 0 Å². The third-order valence-electron chi connectivity index (χ3n) is 3.74. The molecule has 3 nitrogen and oxygen atoms in total. The van der Waals surface area contributed by atoms with Crippen molar-refractivity contribution >= 4 is 17.7 Å². The Hall–Kier alpha value is -1.00. The Morgan fingerprint density at radius 2 is 2.00 bits per heavy atom. The Balaban J connectivity index is 1.72. The molecule has 0 bridgehead atoms. The predicted octanol–water partition coefficient (Wildman–Crippen LogP) is 3.01. The number of thioether (sulfide) groups is 1. The lowest BCUT2D eigenvalue weighted by atomic mass is 10.1. The first-order valence-electron chi connectivity index (χ1n) is 7.45. The summed E-state index contributed by atoms with van der Waals surface area (Å²) in [5.74, 6) is 0.0496. The Morgan fingerprint density at radius 1 is 1.25 bits per heavy atom. The highest BCUT2D eigenvalue weighted by atomic mass is 32.2. The van der Waals surface area contributed by atoms with Crippen LogP contribution in [0.1, 0.15) is 36.0 Å². The second-order valence-corrected chi connectivity index (χ2v) is 6.06. The quantitative estimate of drug-likeness (QED) is 0.646. The van der Waals surface area contributed by atoms with Gasteiger partial charge in [0, 0.05) is 11.4 Å². The highest BCUT2D eigenvalue weighted by Crippen LogP contribution is 2.19. The van der Waals surface area contributed by atoms with Crippen molar-refractivity contribution in [1.29, 1.82) is 0 Å². The average molecular weight is 292 g/mol. The van der Waals surface area contributed by atoms with Crippen molar-refractivity contribution in [3.8, 4) is 0 Å². The summed E-state index contributed by atoms with van der Waals surface area (Å²) in [5, 5.41) is 3.03. The fraction of sp³-hybridized carbons (Fsp3) is 0.562. The Morgan fingerprint density at radius 3 is 2.75 bits per heavy atom. The zero-order chi connectivity index (χ0) is 14.2. The molecule has 0 spiro atoms. The maximum Gasteiger partial charge on any atom is 0.252 e. The molecule has 1 aromatic rings. The van der Waals surface area contributed by atoms with Gasteiger partial charge >= 0.3 is 0 Å². The van der Waals surface area contributed by atoms with Crippen molar-refractivity contribution in [1.82, 2.24) is 10.2 Å². The lowest BCUT2D eigenvalue weighted by Gasteiger charge is -2.26. The Labute approximate surface area is 126 Å². The van der Waals surface area contributed by atoms with Gasteiger partial charge in [0.2, 0.25) is 0 Å². The van der Waals surface area contributed by atoms with E-state index in [-0.39, 0.29) is 5.91 Å². The summed E-state index contributed by atoms with van der Waals surface area (Å²) in [6.45, 7) is 4.31. The number of piperidine rings is 1. The van der Waals surface area contributed by atoms with Crippen molar-refractivity contribution in [2.45, 2.75) is 30.6 Å². The van der Waals surface area contributed by atoms with E-state index in [9.17, 15) is 4.79 Å². The number of carbonyl (C=O) groups excluding carboxylic acids is 1. The van der Waals surface area contributed by atoms with Gasteiger partial charge in [0.25, 0.3) is 5.91 Å².